The molecule has 8 nitrogen and oxygen atoms in total. The normalized spacial score (nSPS) is 15.9. The molecule has 1 aliphatic rings. The lowest BCUT2D eigenvalue weighted by atomic mass is 9.95. The highest BCUT2D eigenvalue weighted by Crippen LogP contribution is 2.35. The van der Waals surface area contributed by atoms with E-state index in [1.807, 2.05) is 6.92 Å². The number of nitrogens with zero attached hydrogens (tertiary/aromatic N) is 3. The van der Waals surface area contributed by atoms with E-state index >= 15 is 0 Å². The summed E-state index contributed by atoms with van der Waals surface area (Å²) in [7, 11) is 1.72. The van der Waals surface area contributed by atoms with Crippen LogP contribution in [-0.4, -0.2) is 60.1 Å². The molecule has 2 heterocycles. The predicted molar refractivity (Wildman–Crippen MR) is 129 cm³/mol. The summed E-state index contributed by atoms with van der Waals surface area (Å²) in [6, 6.07) is 6.63. The standard InChI is InChI=1S/C24H35N5O3/c1-16(2)15-29(20-7-9-32-10-8-20)22-6-5-18(17(3)11-23(30)31)12-21(22)28-24-26-14-19(27-24)13-25-4/h5-6,12-14,16-17,20H,7-11,15H2,1-4H3,(H,30,31)(H2,26,27,28)/t17-/m1/s1. The molecule has 3 rings (SSSR count). The molecule has 1 aromatic heterocycles. The minimum Gasteiger partial charge on any atom is -0.481 e. The van der Waals surface area contributed by atoms with Gasteiger partial charge in [-0.1, -0.05) is 26.8 Å². The molecule has 1 aromatic carbocycles. The Bertz CT molecular complexity index is 918. The van der Waals surface area contributed by atoms with Gasteiger partial charge in [-0.05, 0) is 42.4 Å². The maximum atomic E-state index is 11.3. The summed E-state index contributed by atoms with van der Waals surface area (Å²) in [6.07, 6.45) is 5.52. The number of anilines is 3. The highest BCUT2D eigenvalue weighted by molar-refractivity contribution is 5.79. The number of ether oxygens (including phenoxy) is 1. The number of benzene rings is 1. The number of H-pyrrole nitrogens is 1. The van der Waals surface area contributed by atoms with Crippen LogP contribution < -0.4 is 10.2 Å². The number of aliphatic carboxylic acids is 1. The molecule has 0 bridgehead atoms. The van der Waals surface area contributed by atoms with Crippen molar-refractivity contribution in [3.8, 4) is 0 Å². The molecule has 0 aliphatic carbocycles. The Hall–Kier alpha value is -2.87. The van der Waals surface area contributed by atoms with Crippen LogP contribution in [0.2, 0.25) is 0 Å². The molecule has 1 fully saturated rings. The Kier molecular flexibility index (Phi) is 8.27. The first-order valence-corrected chi connectivity index (χ1v) is 11.3. The monoisotopic (exact) mass is 441 g/mol. The average molecular weight is 442 g/mol. The van der Waals surface area contributed by atoms with E-state index in [1.165, 1.54) is 0 Å². The van der Waals surface area contributed by atoms with Crippen LogP contribution in [0.3, 0.4) is 0 Å². The third kappa shape index (κ3) is 6.32. The van der Waals surface area contributed by atoms with Crippen molar-refractivity contribution >= 4 is 29.5 Å². The van der Waals surface area contributed by atoms with Crippen LogP contribution in [-0.2, 0) is 9.53 Å². The topological polar surface area (TPSA) is 103 Å². The first-order chi connectivity index (χ1) is 15.4. The molecule has 0 radical (unpaired) electrons. The number of carboxylic acid groups (broad SMARTS) is 1. The second-order valence-corrected chi connectivity index (χ2v) is 8.86. The zero-order valence-electron chi connectivity index (χ0n) is 19.5. The molecule has 0 saturated carbocycles. The van der Waals surface area contributed by atoms with Crippen LogP contribution in [0.25, 0.3) is 0 Å². The van der Waals surface area contributed by atoms with E-state index in [0.29, 0.717) is 17.9 Å². The molecule has 0 spiro atoms. The summed E-state index contributed by atoms with van der Waals surface area (Å²) in [5.74, 6) is 0.227. The largest absolute Gasteiger partial charge is 0.481 e. The van der Waals surface area contributed by atoms with E-state index < -0.39 is 5.97 Å². The smallest absolute Gasteiger partial charge is 0.303 e. The Morgan fingerprint density at radius 1 is 1.38 bits per heavy atom. The molecular weight excluding hydrogens is 406 g/mol. The Morgan fingerprint density at radius 3 is 2.78 bits per heavy atom. The SMILES string of the molecule is CN=Cc1cnc(Nc2cc([C@H](C)CC(=O)O)ccc2N(CC(C)C)C2CCOCC2)[nH]1. The van der Waals surface area contributed by atoms with Gasteiger partial charge in [0, 0.05) is 39.1 Å². The molecule has 0 amide bonds. The van der Waals surface area contributed by atoms with Gasteiger partial charge in [0.15, 0.2) is 0 Å². The molecule has 3 N–H and O–H groups in total. The van der Waals surface area contributed by atoms with Crippen molar-refractivity contribution in [2.24, 2.45) is 10.9 Å². The van der Waals surface area contributed by atoms with Crippen LogP contribution >= 0.6 is 0 Å². The Morgan fingerprint density at radius 2 is 2.12 bits per heavy atom. The van der Waals surface area contributed by atoms with Gasteiger partial charge in [-0.2, -0.15) is 0 Å². The number of nitrogens with one attached hydrogen (secondary N) is 2. The van der Waals surface area contributed by atoms with Gasteiger partial charge in [0.2, 0.25) is 5.95 Å². The van der Waals surface area contributed by atoms with Gasteiger partial charge in [-0.15, -0.1) is 0 Å². The van der Waals surface area contributed by atoms with Crippen LogP contribution in [0.1, 0.15) is 57.2 Å². The molecule has 32 heavy (non-hydrogen) atoms. The quantitative estimate of drug-likeness (QED) is 0.472. The predicted octanol–water partition coefficient (Wildman–Crippen LogP) is 4.42. The van der Waals surface area contributed by atoms with Crippen molar-refractivity contribution in [1.82, 2.24) is 9.97 Å². The second-order valence-electron chi connectivity index (χ2n) is 8.86. The molecular formula is C24H35N5O3. The van der Waals surface area contributed by atoms with Gasteiger partial charge in [0.1, 0.15) is 0 Å². The highest BCUT2D eigenvalue weighted by atomic mass is 16.5. The zero-order valence-corrected chi connectivity index (χ0v) is 19.5. The first kappa shape index (κ1) is 23.8. The van der Waals surface area contributed by atoms with E-state index in [9.17, 15) is 9.90 Å². The maximum Gasteiger partial charge on any atom is 0.303 e. The summed E-state index contributed by atoms with van der Waals surface area (Å²) in [4.78, 5) is 25.4. The maximum absolute atomic E-state index is 11.3. The summed E-state index contributed by atoms with van der Waals surface area (Å²) in [6.45, 7) is 8.87. The Balaban J connectivity index is 1.99. The number of carboxylic acids is 1. The van der Waals surface area contributed by atoms with Gasteiger partial charge in [0.25, 0.3) is 0 Å². The third-order valence-electron chi connectivity index (χ3n) is 5.69. The number of aromatic nitrogens is 2. The molecule has 1 atom stereocenters. The minimum atomic E-state index is -0.797. The molecule has 0 unspecified atom stereocenters. The van der Waals surface area contributed by atoms with Gasteiger partial charge in [-0.3, -0.25) is 9.79 Å². The van der Waals surface area contributed by atoms with Crippen LogP contribution in [0.5, 0.6) is 0 Å². The van der Waals surface area contributed by atoms with E-state index in [0.717, 1.165) is 55.2 Å². The zero-order chi connectivity index (χ0) is 23.1. The molecule has 1 aliphatic heterocycles. The lowest BCUT2D eigenvalue weighted by Crippen LogP contribution is -2.42. The number of hydrogen-bond donors (Lipinski definition) is 3. The van der Waals surface area contributed by atoms with Crippen molar-refractivity contribution in [3.05, 3.63) is 35.7 Å². The van der Waals surface area contributed by atoms with Gasteiger partial charge in [0.05, 0.1) is 29.7 Å². The van der Waals surface area contributed by atoms with E-state index in [-0.39, 0.29) is 12.3 Å². The fourth-order valence-electron chi connectivity index (χ4n) is 4.16. The summed E-state index contributed by atoms with van der Waals surface area (Å²) in [5, 5.41) is 12.7. The lowest BCUT2D eigenvalue weighted by Gasteiger charge is -2.38. The Labute approximate surface area is 190 Å². The second kappa shape index (κ2) is 11.1. The van der Waals surface area contributed by atoms with Gasteiger partial charge >= 0.3 is 5.97 Å². The van der Waals surface area contributed by atoms with E-state index in [1.54, 1.807) is 19.5 Å². The highest BCUT2D eigenvalue weighted by Gasteiger charge is 2.25. The number of carbonyl (C=O) groups is 1. The number of imidazole rings is 1. The van der Waals surface area contributed by atoms with E-state index in [2.05, 4.69) is 57.2 Å². The number of hydrogen-bond acceptors (Lipinski definition) is 6. The molecule has 8 heteroatoms. The molecule has 174 valence electrons. The third-order valence-corrected chi connectivity index (χ3v) is 5.69. The van der Waals surface area contributed by atoms with Crippen molar-refractivity contribution in [3.63, 3.8) is 0 Å². The number of aromatic amines is 1. The fraction of sp³-hybridized carbons (Fsp3) is 0.542. The van der Waals surface area contributed by atoms with Crippen LogP contribution in [0.15, 0.2) is 29.4 Å². The van der Waals surface area contributed by atoms with Crippen molar-refractivity contribution in [2.45, 2.75) is 52.0 Å². The first-order valence-electron chi connectivity index (χ1n) is 11.3. The average Bonchev–Trinajstić information content (AvgIpc) is 3.19. The lowest BCUT2D eigenvalue weighted by molar-refractivity contribution is -0.137. The number of aliphatic imine (C=N–C) groups is 1. The summed E-state index contributed by atoms with van der Waals surface area (Å²) >= 11 is 0. The molecule has 1 saturated heterocycles. The van der Waals surface area contributed by atoms with Crippen molar-refractivity contribution in [2.75, 3.05) is 37.0 Å². The summed E-state index contributed by atoms with van der Waals surface area (Å²) in [5.41, 5.74) is 3.81. The van der Waals surface area contributed by atoms with E-state index in [4.69, 9.17) is 4.74 Å². The van der Waals surface area contributed by atoms with Crippen molar-refractivity contribution < 1.29 is 14.6 Å². The minimum absolute atomic E-state index is 0.0896. The summed E-state index contributed by atoms with van der Waals surface area (Å²) < 4.78 is 5.60. The molecule has 2 aromatic rings. The van der Waals surface area contributed by atoms with Crippen molar-refractivity contribution in [1.29, 1.82) is 0 Å². The van der Waals surface area contributed by atoms with Gasteiger partial charge in [-0.25, -0.2) is 4.98 Å². The number of rotatable bonds is 10. The fourth-order valence-corrected chi connectivity index (χ4v) is 4.16. The van der Waals surface area contributed by atoms with Crippen LogP contribution in [0, 0.1) is 5.92 Å². The van der Waals surface area contributed by atoms with Crippen LogP contribution in [0.4, 0.5) is 17.3 Å². The van der Waals surface area contributed by atoms with Gasteiger partial charge < -0.3 is 25.0 Å².